The predicted molar refractivity (Wildman–Crippen MR) is 228 cm³/mol. The van der Waals surface area contributed by atoms with Crippen molar-refractivity contribution in [3.8, 4) is 0 Å². The van der Waals surface area contributed by atoms with Crippen LogP contribution in [0, 0.1) is 5.41 Å². The van der Waals surface area contributed by atoms with Gasteiger partial charge in [-0.1, -0.05) is 99.8 Å². The van der Waals surface area contributed by atoms with Crippen LogP contribution in [0.15, 0.2) is 30.3 Å². The zero-order valence-corrected chi connectivity index (χ0v) is 39.5. The van der Waals surface area contributed by atoms with E-state index in [1.807, 2.05) is 11.3 Å². The molecule has 1 aliphatic rings. The molecule has 0 amide bonds. The smallest absolute Gasteiger partial charge is 0.305 e. The summed E-state index contributed by atoms with van der Waals surface area (Å²) in [6.07, 6.45) is 10.2. The quantitative estimate of drug-likeness (QED) is 0.0910. The van der Waals surface area contributed by atoms with E-state index in [0.29, 0.717) is 6.42 Å². The largest absolute Gasteiger partial charge is 0.469 e. The molecule has 51 heavy (non-hydrogen) atoms. The highest BCUT2D eigenvalue weighted by Crippen LogP contribution is 2.55. The lowest BCUT2D eigenvalue weighted by molar-refractivity contribution is -0.140. The van der Waals surface area contributed by atoms with Crippen molar-refractivity contribution in [1.82, 2.24) is 0 Å². The van der Waals surface area contributed by atoms with Gasteiger partial charge in [-0.3, -0.25) is 4.79 Å². The fourth-order valence-electron chi connectivity index (χ4n) is 6.77. The Morgan fingerprint density at radius 3 is 1.94 bits per heavy atom. The Bertz CT molecular complexity index is 1380. The van der Waals surface area contributed by atoms with Gasteiger partial charge in [-0.25, -0.2) is 0 Å². The van der Waals surface area contributed by atoms with Crippen molar-refractivity contribution >= 4 is 52.3 Å². The summed E-state index contributed by atoms with van der Waals surface area (Å²) in [5.41, 5.74) is -0.00335. The maximum absolute atomic E-state index is 11.8. The lowest BCUT2D eigenvalue weighted by Crippen LogP contribution is -2.48. The topological polar surface area (TPSA) is 54.0 Å². The third-order valence-corrected chi connectivity index (χ3v) is 28.0. The lowest BCUT2D eigenvalue weighted by atomic mass is 9.74. The highest BCUT2D eigenvalue weighted by atomic mass is 32.1. The average molecular weight is 777 g/mol. The van der Waals surface area contributed by atoms with Crippen LogP contribution >= 0.6 is 11.3 Å². The Balaban J connectivity index is 2.05. The molecule has 0 unspecified atom stereocenters. The van der Waals surface area contributed by atoms with Crippen molar-refractivity contribution in [3.63, 3.8) is 0 Å². The Labute approximate surface area is 320 Å². The molecule has 1 saturated carbocycles. The summed E-state index contributed by atoms with van der Waals surface area (Å²) >= 11 is 1.91. The van der Waals surface area contributed by atoms with Crippen molar-refractivity contribution in [1.29, 1.82) is 0 Å². The van der Waals surface area contributed by atoms with Gasteiger partial charge in [0.05, 0.1) is 19.3 Å². The molecule has 1 aromatic heterocycles. The molecule has 0 aliphatic heterocycles. The normalized spacial score (nSPS) is 21.7. The molecule has 0 spiro atoms. The molecule has 4 atom stereocenters. The van der Waals surface area contributed by atoms with Gasteiger partial charge in [-0.2, -0.15) is 0 Å². The number of benzene rings is 1. The molecule has 2 aromatic rings. The standard InChI is InChI=1S/C42H76O5SSi3/c1-39(2,3)49(11,12)45-33-30-37(47-51(15,16)41(7,8)9)42(31-33,27-22-18-17-19-25-38(43)44-10)28-26-34(46-50(13,14)40(4,5)6)36-29-32-23-20-21-24-35(32)48-36/h20-21,23-24,29,33-34,37H,17-19,22,25-28,30-31H2,1-16H3/t33-,34+,37-,42+/m0/s1. The summed E-state index contributed by atoms with van der Waals surface area (Å²) in [7, 11) is -4.67. The third kappa shape index (κ3) is 11.6. The molecule has 1 heterocycles. The Kier molecular flexibility index (Phi) is 14.8. The number of esters is 1. The molecule has 1 fully saturated rings. The van der Waals surface area contributed by atoms with Gasteiger partial charge in [0.25, 0.3) is 0 Å². The second-order valence-corrected chi connectivity index (χ2v) is 35.6. The van der Waals surface area contributed by atoms with Crippen molar-refractivity contribution in [2.24, 2.45) is 5.41 Å². The first-order chi connectivity index (χ1) is 23.2. The Morgan fingerprint density at radius 2 is 1.37 bits per heavy atom. The number of methoxy groups -OCH3 is 1. The first kappa shape index (κ1) is 44.6. The number of hydrogen-bond acceptors (Lipinski definition) is 6. The second-order valence-electron chi connectivity index (χ2n) is 20.3. The van der Waals surface area contributed by atoms with E-state index in [0.717, 1.165) is 57.8 Å². The third-order valence-electron chi connectivity index (χ3n) is 13.2. The zero-order valence-electron chi connectivity index (χ0n) is 35.6. The van der Waals surface area contributed by atoms with E-state index >= 15 is 0 Å². The number of thiophene rings is 1. The highest BCUT2D eigenvalue weighted by Gasteiger charge is 2.53. The number of carbonyl (C=O) groups excluding carboxylic acids is 1. The molecule has 292 valence electrons. The van der Waals surface area contributed by atoms with Gasteiger partial charge < -0.3 is 18.0 Å². The second kappa shape index (κ2) is 16.9. The highest BCUT2D eigenvalue weighted by molar-refractivity contribution is 7.19. The minimum atomic E-state index is -2.08. The van der Waals surface area contributed by atoms with Crippen LogP contribution in [0.1, 0.15) is 138 Å². The zero-order chi connectivity index (χ0) is 38.7. The summed E-state index contributed by atoms with van der Waals surface area (Å²) in [6.45, 7) is 35.7. The summed E-state index contributed by atoms with van der Waals surface area (Å²) in [6, 6.07) is 11.2. The van der Waals surface area contributed by atoms with E-state index < -0.39 is 25.0 Å². The molecular formula is C42H76O5SSi3. The number of ether oxygens (including phenoxy) is 1. The first-order valence-corrected chi connectivity index (χ1v) is 29.4. The minimum Gasteiger partial charge on any atom is -0.469 e. The number of rotatable bonds is 17. The summed E-state index contributed by atoms with van der Waals surface area (Å²) < 4.78 is 28.5. The monoisotopic (exact) mass is 776 g/mol. The van der Waals surface area contributed by atoms with Crippen molar-refractivity contribution in [3.05, 3.63) is 35.2 Å². The van der Waals surface area contributed by atoms with E-state index in [4.69, 9.17) is 18.0 Å². The predicted octanol–water partition coefficient (Wildman–Crippen LogP) is 13.8. The SMILES string of the molecule is COC(=O)CCCCCC[C@@]1(CC[C@@H](O[Si](C)(C)C(C)(C)C)c2cc3ccccc3s2)C[C@@H](O[Si](C)(C)C(C)(C)C)C[C@@H]1O[Si](C)(C)C(C)(C)C. The van der Waals surface area contributed by atoms with Crippen LogP contribution in [0.2, 0.25) is 54.4 Å². The number of hydrogen-bond donors (Lipinski definition) is 0. The van der Waals surface area contributed by atoms with Crippen molar-refractivity contribution in [2.45, 2.75) is 199 Å². The molecular weight excluding hydrogens is 701 g/mol. The summed E-state index contributed by atoms with van der Waals surface area (Å²) in [4.78, 5) is 13.2. The van der Waals surface area contributed by atoms with Gasteiger partial charge in [0.15, 0.2) is 25.0 Å². The molecule has 1 aromatic carbocycles. The van der Waals surface area contributed by atoms with Crippen LogP contribution in [0.3, 0.4) is 0 Å². The molecule has 0 bridgehead atoms. The van der Waals surface area contributed by atoms with Crippen molar-refractivity contribution in [2.75, 3.05) is 7.11 Å². The number of fused-ring (bicyclic) bond motifs is 1. The minimum absolute atomic E-state index is 0.00335. The Morgan fingerprint density at radius 1 is 0.804 bits per heavy atom. The van der Waals surface area contributed by atoms with Gasteiger partial charge in [-0.15, -0.1) is 11.3 Å². The average Bonchev–Trinajstić information content (AvgIpc) is 3.56. The fraction of sp³-hybridized carbons (Fsp3) is 0.786. The number of unbranched alkanes of at least 4 members (excludes halogenated alkanes) is 3. The molecule has 0 radical (unpaired) electrons. The molecule has 1 aliphatic carbocycles. The van der Waals surface area contributed by atoms with Crippen LogP contribution in [-0.2, 0) is 22.8 Å². The maximum atomic E-state index is 11.8. The molecule has 0 saturated heterocycles. The lowest BCUT2D eigenvalue weighted by Gasteiger charge is -2.45. The van der Waals surface area contributed by atoms with Gasteiger partial charge in [0.1, 0.15) is 0 Å². The van der Waals surface area contributed by atoms with E-state index in [-0.39, 0.29) is 44.8 Å². The number of carbonyl (C=O) groups is 1. The van der Waals surface area contributed by atoms with E-state index in [1.165, 1.54) is 22.1 Å². The van der Waals surface area contributed by atoms with Gasteiger partial charge in [-0.05, 0) is 116 Å². The van der Waals surface area contributed by atoms with E-state index in [1.54, 1.807) is 0 Å². The molecule has 0 N–H and O–H groups in total. The fourth-order valence-corrected chi connectivity index (χ4v) is 12.1. The van der Waals surface area contributed by atoms with Gasteiger partial charge in [0.2, 0.25) is 0 Å². The molecule has 9 heteroatoms. The van der Waals surface area contributed by atoms with Crippen LogP contribution in [0.4, 0.5) is 0 Å². The van der Waals surface area contributed by atoms with Crippen LogP contribution in [0.25, 0.3) is 10.1 Å². The summed E-state index contributed by atoms with van der Waals surface area (Å²) in [5, 5.41) is 1.70. The van der Waals surface area contributed by atoms with Gasteiger partial charge >= 0.3 is 5.97 Å². The first-order valence-electron chi connectivity index (χ1n) is 19.8. The van der Waals surface area contributed by atoms with Crippen LogP contribution in [-0.4, -0.2) is 50.2 Å². The van der Waals surface area contributed by atoms with Crippen molar-refractivity contribution < 1.29 is 22.8 Å². The molecule has 5 nitrogen and oxygen atoms in total. The Hall–Kier alpha value is -0.819. The van der Waals surface area contributed by atoms with E-state index in [2.05, 4.69) is 132 Å². The van der Waals surface area contributed by atoms with E-state index in [9.17, 15) is 4.79 Å². The molecule has 3 rings (SSSR count). The maximum Gasteiger partial charge on any atom is 0.305 e. The van der Waals surface area contributed by atoms with Crippen LogP contribution in [0.5, 0.6) is 0 Å². The van der Waals surface area contributed by atoms with Gasteiger partial charge in [0, 0.05) is 22.1 Å². The van der Waals surface area contributed by atoms with Crippen LogP contribution < -0.4 is 0 Å². The summed E-state index contributed by atoms with van der Waals surface area (Å²) in [5.74, 6) is -0.107.